The number of guanidine groups is 1. The number of hydrogen-bond acceptors (Lipinski definition) is 4. The predicted molar refractivity (Wildman–Crippen MR) is 116 cm³/mol. The Bertz CT molecular complexity index is 787. The van der Waals surface area contributed by atoms with E-state index >= 15 is 0 Å². The monoisotopic (exact) mass is 397 g/mol. The molecule has 0 unspecified atom stereocenters. The third-order valence-corrected chi connectivity index (χ3v) is 5.16. The number of hydrogen-bond donors (Lipinski definition) is 1. The van der Waals surface area contributed by atoms with Gasteiger partial charge in [0.2, 0.25) is 0 Å². The number of ether oxygens (including phenoxy) is 3. The van der Waals surface area contributed by atoms with Gasteiger partial charge in [0.25, 0.3) is 0 Å². The van der Waals surface area contributed by atoms with Gasteiger partial charge in [0.15, 0.2) is 5.96 Å². The molecule has 156 valence electrons. The minimum Gasteiger partial charge on any atom is -0.497 e. The molecule has 6 heteroatoms. The van der Waals surface area contributed by atoms with Gasteiger partial charge in [-0.1, -0.05) is 18.2 Å². The highest BCUT2D eigenvalue weighted by Crippen LogP contribution is 2.24. The summed E-state index contributed by atoms with van der Waals surface area (Å²) in [6.45, 7) is 2.63. The van der Waals surface area contributed by atoms with Gasteiger partial charge >= 0.3 is 0 Å². The van der Waals surface area contributed by atoms with Crippen LogP contribution in [0.1, 0.15) is 18.4 Å². The molecule has 0 bridgehead atoms. The molecule has 1 heterocycles. The maximum absolute atomic E-state index is 6.09. The first-order chi connectivity index (χ1) is 14.2. The smallest absolute Gasteiger partial charge is 0.193 e. The molecule has 0 saturated carbocycles. The number of aliphatic imine (C=N–C) groups is 1. The van der Waals surface area contributed by atoms with Crippen molar-refractivity contribution in [2.45, 2.75) is 25.4 Å². The molecule has 0 aliphatic carbocycles. The van der Waals surface area contributed by atoms with E-state index < -0.39 is 0 Å². The van der Waals surface area contributed by atoms with E-state index in [2.05, 4.69) is 15.2 Å². The number of nitrogens with zero attached hydrogens (tertiary/aromatic N) is 2. The summed E-state index contributed by atoms with van der Waals surface area (Å²) in [7, 11) is 5.21. The Morgan fingerprint density at radius 3 is 2.45 bits per heavy atom. The molecular weight excluding hydrogens is 366 g/mol. The fourth-order valence-corrected chi connectivity index (χ4v) is 3.60. The lowest BCUT2D eigenvalue weighted by atomic mass is 10.1. The summed E-state index contributed by atoms with van der Waals surface area (Å²) in [5, 5.41) is 3.48. The van der Waals surface area contributed by atoms with Crippen LogP contribution in [0.5, 0.6) is 17.2 Å². The molecule has 3 rings (SSSR count). The van der Waals surface area contributed by atoms with E-state index in [9.17, 15) is 0 Å². The van der Waals surface area contributed by atoms with Crippen LogP contribution in [-0.4, -0.2) is 57.9 Å². The third-order valence-electron chi connectivity index (χ3n) is 5.16. The first-order valence-electron chi connectivity index (χ1n) is 10.1. The molecule has 29 heavy (non-hydrogen) atoms. The van der Waals surface area contributed by atoms with Crippen molar-refractivity contribution < 1.29 is 14.2 Å². The number of rotatable bonds is 7. The fourth-order valence-electron chi connectivity index (χ4n) is 3.60. The quantitative estimate of drug-likeness (QED) is 0.574. The van der Waals surface area contributed by atoms with Crippen LogP contribution in [-0.2, 0) is 6.42 Å². The van der Waals surface area contributed by atoms with Crippen molar-refractivity contribution in [3.05, 3.63) is 54.1 Å². The zero-order valence-corrected chi connectivity index (χ0v) is 17.6. The Morgan fingerprint density at radius 2 is 1.79 bits per heavy atom. The molecule has 1 aliphatic rings. The van der Waals surface area contributed by atoms with E-state index in [1.54, 1.807) is 14.2 Å². The number of benzene rings is 2. The lowest BCUT2D eigenvalue weighted by molar-refractivity contribution is 0.129. The van der Waals surface area contributed by atoms with Crippen LogP contribution in [0.15, 0.2) is 53.5 Å². The van der Waals surface area contributed by atoms with Crippen molar-refractivity contribution in [3.8, 4) is 17.2 Å². The highest BCUT2D eigenvalue weighted by molar-refractivity contribution is 5.80. The van der Waals surface area contributed by atoms with Crippen LogP contribution in [0.4, 0.5) is 0 Å². The van der Waals surface area contributed by atoms with E-state index in [-0.39, 0.29) is 6.10 Å². The van der Waals surface area contributed by atoms with E-state index in [0.29, 0.717) is 0 Å². The minimum atomic E-state index is 0.257. The number of piperidine rings is 1. The normalized spacial score (nSPS) is 15.1. The topological polar surface area (TPSA) is 55.3 Å². The first kappa shape index (κ1) is 20.8. The van der Waals surface area contributed by atoms with Gasteiger partial charge in [0.1, 0.15) is 23.4 Å². The lowest BCUT2D eigenvalue weighted by Crippen LogP contribution is -2.47. The maximum Gasteiger partial charge on any atom is 0.193 e. The standard InChI is InChI=1S/C23H31N3O3/c1-24-23(25-14-11-18-17-21(27-2)9-10-22(18)28-3)26-15-12-20(13-16-26)29-19-7-5-4-6-8-19/h4-10,17,20H,11-16H2,1-3H3,(H,24,25). The van der Waals surface area contributed by atoms with Crippen molar-refractivity contribution in [3.63, 3.8) is 0 Å². The zero-order valence-electron chi connectivity index (χ0n) is 17.6. The van der Waals surface area contributed by atoms with Gasteiger partial charge in [-0.3, -0.25) is 4.99 Å². The van der Waals surface area contributed by atoms with Crippen LogP contribution in [0.25, 0.3) is 0 Å². The van der Waals surface area contributed by atoms with Gasteiger partial charge in [-0.15, -0.1) is 0 Å². The van der Waals surface area contributed by atoms with Crippen molar-refractivity contribution >= 4 is 5.96 Å². The average molecular weight is 398 g/mol. The largest absolute Gasteiger partial charge is 0.497 e. The lowest BCUT2D eigenvalue weighted by Gasteiger charge is -2.34. The summed E-state index contributed by atoms with van der Waals surface area (Å²) >= 11 is 0. The highest BCUT2D eigenvalue weighted by Gasteiger charge is 2.22. The SMILES string of the molecule is CN=C(NCCc1cc(OC)ccc1OC)N1CCC(Oc2ccccc2)CC1. The molecule has 2 aromatic carbocycles. The summed E-state index contributed by atoms with van der Waals surface area (Å²) in [6.07, 6.45) is 3.05. The van der Waals surface area contributed by atoms with E-state index in [1.165, 1.54) is 0 Å². The summed E-state index contributed by atoms with van der Waals surface area (Å²) in [5.41, 5.74) is 1.12. The molecule has 1 saturated heterocycles. The van der Waals surface area contributed by atoms with Crippen LogP contribution >= 0.6 is 0 Å². The van der Waals surface area contributed by atoms with Gasteiger partial charge in [-0.2, -0.15) is 0 Å². The minimum absolute atomic E-state index is 0.257. The molecule has 0 atom stereocenters. The van der Waals surface area contributed by atoms with Crippen LogP contribution in [0, 0.1) is 0 Å². The number of nitrogens with one attached hydrogen (secondary N) is 1. The van der Waals surface area contributed by atoms with Crippen LogP contribution in [0.2, 0.25) is 0 Å². The Morgan fingerprint density at radius 1 is 1.03 bits per heavy atom. The van der Waals surface area contributed by atoms with Crippen molar-refractivity contribution in [1.29, 1.82) is 0 Å². The van der Waals surface area contributed by atoms with Gasteiger partial charge in [-0.25, -0.2) is 0 Å². The van der Waals surface area contributed by atoms with Gasteiger partial charge < -0.3 is 24.4 Å². The maximum atomic E-state index is 6.09. The molecule has 2 aromatic rings. The van der Waals surface area contributed by atoms with Crippen molar-refractivity contribution in [2.24, 2.45) is 4.99 Å². The fraction of sp³-hybridized carbons (Fsp3) is 0.435. The van der Waals surface area contributed by atoms with Gasteiger partial charge in [0, 0.05) is 39.5 Å². The zero-order chi connectivity index (χ0) is 20.5. The molecule has 1 N–H and O–H groups in total. The molecule has 0 radical (unpaired) electrons. The second-order valence-electron chi connectivity index (χ2n) is 7.02. The van der Waals surface area contributed by atoms with E-state index in [4.69, 9.17) is 14.2 Å². The van der Waals surface area contributed by atoms with Gasteiger partial charge in [0.05, 0.1) is 14.2 Å². The van der Waals surface area contributed by atoms with Gasteiger partial charge in [-0.05, 0) is 42.3 Å². The first-order valence-corrected chi connectivity index (χ1v) is 10.1. The Hall–Kier alpha value is -2.89. The molecule has 6 nitrogen and oxygen atoms in total. The second kappa shape index (κ2) is 10.6. The highest BCUT2D eigenvalue weighted by atomic mass is 16.5. The number of para-hydroxylation sites is 1. The van der Waals surface area contributed by atoms with Crippen molar-refractivity contribution in [2.75, 3.05) is 40.9 Å². The molecule has 0 amide bonds. The predicted octanol–water partition coefficient (Wildman–Crippen LogP) is 3.37. The molecular formula is C23H31N3O3. The van der Waals surface area contributed by atoms with Crippen molar-refractivity contribution in [1.82, 2.24) is 10.2 Å². The average Bonchev–Trinajstić information content (AvgIpc) is 2.78. The number of likely N-dealkylation sites (tertiary alicyclic amines) is 1. The van der Waals surface area contributed by atoms with Crippen LogP contribution in [0.3, 0.4) is 0 Å². The molecule has 1 fully saturated rings. The molecule has 0 spiro atoms. The Kier molecular flexibility index (Phi) is 7.61. The van der Waals surface area contributed by atoms with E-state index in [1.807, 2.05) is 55.6 Å². The van der Waals surface area contributed by atoms with Crippen LogP contribution < -0.4 is 19.5 Å². The van der Waals surface area contributed by atoms with E-state index in [0.717, 1.165) is 67.7 Å². The summed E-state index contributed by atoms with van der Waals surface area (Å²) < 4.78 is 16.9. The number of methoxy groups -OCH3 is 2. The third kappa shape index (κ3) is 5.79. The summed E-state index contributed by atoms with van der Waals surface area (Å²) in [5.74, 6) is 3.60. The molecule has 1 aliphatic heterocycles. The molecule has 0 aromatic heterocycles. The summed E-state index contributed by atoms with van der Waals surface area (Å²) in [6, 6.07) is 15.9. The Balaban J connectivity index is 1.48. The summed E-state index contributed by atoms with van der Waals surface area (Å²) in [4.78, 5) is 6.76. The second-order valence-corrected chi connectivity index (χ2v) is 7.02. The Labute approximate surface area is 173 Å².